The molecule has 1 unspecified atom stereocenters. The minimum Gasteiger partial charge on any atom is -0.493 e. The number of methoxy groups -OCH3 is 3. The molecule has 1 aliphatic heterocycles. The third kappa shape index (κ3) is 4.92. The van der Waals surface area contributed by atoms with Crippen molar-refractivity contribution >= 4 is 18.3 Å². The van der Waals surface area contributed by atoms with Crippen LogP contribution in [-0.4, -0.2) is 58.3 Å². The van der Waals surface area contributed by atoms with E-state index in [9.17, 15) is 4.79 Å². The second kappa shape index (κ2) is 10.4. The Balaban J connectivity index is 0.00000312. The number of nitrogens with one attached hydrogen (secondary N) is 1. The number of carbonyl (C=O) groups is 1. The Morgan fingerprint density at radius 3 is 2.52 bits per heavy atom. The molecule has 0 aliphatic carbocycles. The number of halogens is 1. The van der Waals surface area contributed by atoms with E-state index < -0.39 is 0 Å². The maximum Gasteiger partial charge on any atom is 0.223 e. The number of benzene rings is 1. The monoisotopic (exact) mass is 372 g/mol. The third-order valence-electron chi connectivity index (χ3n) is 4.53. The van der Waals surface area contributed by atoms with Crippen molar-refractivity contribution in [2.75, 3.05) is 41.5 Å². The van der Waals surface area contributed by atoms with E-state index in [1.54, 1.807) is 21.3 Å². The lowest BCUT2D eigenvalue weighted by Crippen LogP contribution is -2.40. The molecule has 0 spiro atoms. The van der Waals surface area contributed by atoms with E-state index in [-0.39, 0.29) is 18.3 Å². The molecular formula is C18H29ClN2O4. The van der Waals surface area contributed by atoms with E-state index in [4.69, 9.17) is 14.2 Å². The molecule has 0 radical (unpaired) electrons. The molecule has 0 bridgehead atoms. The van der Waals surface area contributed by atoms with Gasteiger partial charge >= 0.3 is 0 Å². The number of hydrogen-bond acceptors (Lipinski definition) is 5. The summed E-state index contributed by atoms with van der Waals surface area (Å²) in [5.74, 6) is 2.03. The first kappa shape index (κ1) is 21.4. The van der Waals surface area contributed by atoms with Crippen molar-refractivity contribution < 1.29 is 19.0 Å². The van der Waals surface area contributed by atoms with Crippen molar-refractivity contribution in [3.8, 4) is 17.2 Å². The molecule has 7 heteroatoms. The molecule has 1 atom stereocenters. The molecular weight excluding hydrogens is 344 g/mol. The van der Waals surface area contributed by atoms with Crippen LogP contribution in [0.1, 0.15) is 24.8 Å². The number of hydrogen-bond donors (Lipinski definition) is 1. The zero-order chi connectivity index (χ0) is 17.5. The lowest BCUT2D eigenvalue weighted by Gasteiger charge is -2.25. The van der Waals surface area contributed by atoms with Crippen molar-refractivity contribution in [1.29, 1.82) is 0 Å². The lowest BCUT2D eigenvalue weighted by molar-refractivity contribution is -0.131. The summed E-state index contributed by atoms with van der Waals surface area (Å²) in [5, 5.41) is 3.17. The number of likely N-dealkylation sites (N-methyl/N-ethyl adjacent to an activating group) is 1. The lowest BCUT2D eigenvalue weighted by atomic mass is 10.1. The summed E-state index contributed by atoms with van der Waals surface area (Å²) < 4.78 is 16.2. The van der Waals surface area contributed by atoms with Crippen molar-refractivity contribution in [2.45, 2.75) is 31.7 Å². The average Bonchev–Trinajstić information content (AvgIpc) is 3.07. The highest BCUT2D eigenvalue weighted by Gasteiger charge is 2.28. The van der Waals surface area contributed by atoms with Crippen molar-refractivity contribution in [3.05, 3.63) is 17.7 Å². The number of likely N-dealkylation sites (tertiary alicyclic amines) is 1. The Labute approximate surface area is 156 Å². The predicted octanol–water partition coefficient (Wildman–Crippen LogP) is 2.28. The first-order valence-electron chi connectivity index (χ1n) is 8.38. The van der Waals surface area contributed by atoms with Gasteiger partial charge in [0, 0.05) is 25.6 Å². The van der Waals surface area contributed by atoms with E-state index in [2.05, 4.69) is 5.32 Å². The highest BCUT2D eigenvalue weighted by Crippen LogP contribution is 2.40. The predicted molar refractivity (Wildman–Crippen MR) is 100 cm³/mol. The van der Waals surface area contributed by atoms with E-state index in [1.165, 1.54) is 0 Å². The Kier molecular flexibility index (Phi) is 8.86. The largest absolute Gasteiger partial charge is 0.493 e. The maximum absolute atomic E-state index is 12.6. The molecule has 1 saturated heterocycles. The standard InChI is InChI=1S/C18H28N2O4.ClH/c1-19-12-14-6-5-11-20(14)16(21)10-8-13-7-9-15(22-2)18(24-4)17(13)23-3;/h7,9,14,19H,5-6,8,10-12H2,1-4H3;1H. The number of rotatable bonds is 8. The SMILES string of the molecule is CNCC1CCCN1C(=O)CCc1ccc(OC)c(OC)c1OC.Cl. The van der Waals surface area contributed by atoms with E-state index in [0.29, 0.717) is 36.1 Å². The van der Waals surface area contributed by atoms with Crippen LogP contribution in [-0.2, 0) is 11.2 Å². The van der Waals surface area contributed by atoms with Crippen molar-refractivity contribution in [1.82, 2.24) is 10.2 Å². The second-order valence-electron chi connectivity index (χ2n) is 5.93. The molecule has 25 heavy (non-hydrogen) atoms. The molecule has 1 aliphatic rings. The van der Waals surface area contributed by atoms with Gasteiger partial charge in [-0.1, -0.05) is 6.07 Å². The Morgan fingerprint density at radius 1 is 1.20 bits per heavy atom. The average molecular weight is 373 g/mol. The van der Waals surface area contributed by atoms with E-state index >= 15 is 0 Å². The Morgan fingerprint density at radius 2 is 1.92 bits per heavy atom. The molecule has 1 heterocycles. The fourth-order valence-electron chi connectivity index (χ4n) is 3.36. The molecule has 1 aromatic carbocycles. The Bertz CT molecular complexity index is 568. The minimum atomic E-state index is 0. The van der Waals surface area contributed by atoms with Crippen LogP contribution in [0, 0.1) is 0 Å². The van der Waals surface area contributed by atoms with Crippen LogP contribution in [0.5, 0.6) is 17.2 Å². The smallest absolute Gasteiger partial charge is 0.223 e. The second-order valence-corrected chi connectivity index (χ2v) is 5.93. The normalized spacial score (nSPS) is 16.3. The zero-order valence-electron chi connectivity index (χ0n) is 15.5. The first-order chi connectivity index (χ1) is 11.7. The van der Waals surface area contributed by atoms with Gasteiger partial charge in [-0.05, 0) is 37.9 Å². The number of nitrogens with zero attached hydrogens (tertiary/aromatic N) is 1. The molecule has 6 nitrogen and oxygen atoms in total. The summed E-state index contributed by atoms with van der Waals surface area (Å²) in [7, 11) is 6.71. The number of carbonyl (C=O) groups excluding carboxylic acids is 1. The van der Waals surface area contributed by atoms with Gasteiger partial charge in [0.1, 0.15) is 0 Å². The van der Waals surface area contributed by atoms with Crippen LogP contribution in [0.25, 0.3) is 0 Å². The summed E-state index contributed by atoms with van der Waals surface area (Å²) in [4.78, 5) is 14.6. The topological polar surface area (TPSA) is 60.0 Å². The Hall–Kier alpha value is -1.66. The van der Waals surface area contributed by atoms with Gasteiger partial charge in [-0.3, -0.25) is 4.79 Å². The molecule has 0 saturated carbocycles. The van der Waals surface area contributed by atoms with E-state index in [0.717, 1.165) is 31.5 Å². The van der Waals surface area contributed by atoms with Gasteiger partial charge in [-0.25, -0.2) is 0 Å². The number of amides is 1. The molecule has 1 amide bonds. The summed E-state index contributed by atoms with van der Waals surface area (Å²) in [6.07, 6.45) is 3.24. The third-order valence-corrected chi connectivity index (χ3v) is 4.53. The van der Waals surface area contributed by atoms with Gasteiger partial charge in [0.2, 0.25) is 11.7 Å². The van der Waals surface area contributed by atoms with Crippen molar-refractivity contribution in [2.24, 2.45) is 0 Å². The molecule has 142 valence electrons. The van der Waals surface area contributed by atoms with Gasteiger partial charge in [-0.15, -0.1) is 12.4 Å². The summed E-state index contributed by atoms with van der Waals surface area (Å²) >= 11 is 0. The van der Waals surface area contributed by atoms with Gasteiger partial charge < -0.3 is 24.4 Å². The number of ether oxygens (including phenoxy) is 3. The molecule has 1 aromatic rings. The van der Waals surface area contributed by atoms with Gasteiger partial charge in [0.25, 0.3) is 0 Å². The van der Waals surface area contributed by atoms with Crippen LogP contribution < -0.4 is 19.5 Å². The highest BCUT2D eigenvalue weighted by atomic mass is 35.5. The summed E-state index contributed by atoms with van der Waals surface area (Å²) in [6, 6.07) is 4.10. The number of aryl methyl sites for hydroxylation is 1. The fourth-order valence-corrected chi connectivity index (χ4v) is 3.36. The van der Waals surface area contributed by atoms with Crippen LogP contribution in [0.4, 0.5) is 0 Å². The highest BCUT2D eigenvalue weighted by molar-refractivity contribution is 5.85. The fraction of sp³-hybridized carbons (Fsp3) is 0.611. The summed E-state index contributed by atoms with van der Waals surface area (Å²) in [5.41, 5.74) is 0.952. The molecule has 1 N–H and O–H groups in total. The molecule has 1 fully saturated rings. The van der Waals surface area contributed by atoms with Crippen LogP contribution in [0.2, 0.25) is 0 Å². The first-order valence-corrected chi connectivity index (χ1v) is 8.38. The summed E-state index contributed by atoms with van der Waals surface area (Å²) in [6.45, 7) is 1.71. The van der Waals surface area contributed by atoms with Gasteiger partial charge in [0.15, 0.2) is 11.5 Å². The van der Waals surface area contributed by atoms with Crippen LogP contribution >= 0.6 is 12.4 Å². The molecule has 0 aromatic heterocycles. The van der Waals surface area contributed by atoms with Gasteiger partial charge in [0.05, 0.1) is 21.3 Å². The minimum absolute atomic E-state index is 0. The molecule has 2 rings (SSSR count). The van der Waals surface area contributed by atoms with Crippen LogP contribution in [0.3, 0.4) is 0 Å². The van der Waals surface area contributed by atoms with Crippen LogP contribution in [0.15, 0.2) is 12.1 Å². The maximum atomic E-state index is 12.6. The van der Waals surface area contributed by atoms with E-state index in [1.807, 2.05) is 24.1 Å². The van der Waals surface area contributed by atoms with Gasteiger partial charge in [-0.2, -0.15) is 0 Å². The zero-order valence-corrected chi connectivity index (χ0v) is 16.3. The van der Waals surface area contributed by atoms with Crippen molar-refractivity contribution in [3.63, 3.8) is 0 Å². The quantitative estimate of drug-likeness (QED) is 0.758.